The van der Waals surface area contributed by atoms with Gasteiger partial charge in [-0.2, -0.15) is 5.26 Å². The van der Waals surface area contributed by atoms with E-state index in [1.807, 2.05) is 18.2 Å². The molecule has 1 aliphatic rings. The molecule has 0 spiro atoms. The van der Waals surface area contributed by atoms with Gasteiger partial charge in [-0.3, -0.25) is 4.79 Å². The third-order valence-electron chi connectivity index (χ3n) is 4.87. The summed E-state index contributed by atoms with van der Waals surface area (Å²) < 4.78 is 10.8. The summed E-state index contributed by atoms with van der Waals surface area (Å²) in [5.41, 5.74) is 2.50. The van der Waals surface area contributed by atoms with Crippen LogP contribution in [0.5, 0.6) is 5.88 Å². The Hall–Kier alpha value is -3.44. The van der Waals surface area contributed by atoms with Crippen molar-refractivity contribution in [3.63, 3.8) is 0 Å². The average molecular weight is 422 g/mol. The molecule has 1 aromatic heterocycles. The second-order valence-electron chi connectivity index (χ2n) is 7.23. The maximum absolute atomic E-state index is 11.9. The van der Waals surface area contributed by atoms with Crippen molar-refractivity contribution in [1.82, 2.24) is 10.3 Å². The van der Waals surface area contributed by atoms with E-state index in [9.17, 15) is 4.79 Å². The summed E-state index contributed by atoms with van der Waals surface area (Å²) in [6, 6.07) is 12.8. The number of oxime groups is 1. The van der Waals surface area contributed by atoms with Gasteiger partial charge in [0, 0.05) is 44.7 Å². The summed E-state index contributed by atoms with van der Waals surface area (Å²) in [5.74, 6) is 0.729. The van der Waals surface area contributed by atoms with E-state index < -0.39 is 0 Å². The minimum Gasteiger partial charge on any atom is -0.468 e. The topological polar surface area (TPSA) is 106 Å². The zero-order valence-corrected chi connectivity index (χ0v) is 17.3. The van der Waals surface area contributed by atoms with Crippen LogP contribution in [0.25, 0.3) is 0 Å². The standard InChI is InChI=1S/C23H26N4O4/c24-13-18-1-3-21(4-2-18)16-31-27-10-7-19-5-6-23(26-15-19)30-17-22(28)25-14-20-8-11-29-12-9-20/h1-6,10,15,20H,7-9,11-12,14,16-17H2,(H,25,28). The molecule has 0 radical (unpaired) electrons. The molecule has 2 heterocycles. The Labute approximate surface area is 181 Å². The number of hydrogen-bond acceptors (Lipinski definition) is 7. The highest BCUT2D eigenvalue weighted by atomic mass is 16.6. The maximum Gasteiger partial charge on any atom is 0.258 e. The lowest BCUT2D eigenvalue weighted by Gasteiger charge is -2.22. The minimum absolute atomic E-state index is 0.0553. The third-order valence-corrected chi connectivity index (χ3v) is 4.87. The van der Waals surface area contributed by atoms with E-state index in [4.69, 9.17) is 19.6 Å². The molecule has 162 valence electrons. The van der Waals surface area contributed by atoms with Gasteiger partial charge < -0.3 is 19.6 Å². The summed E-state index contributed by atoms with van der Waals surface area (Å²) >= 11 is 0. The van der Waals surface area contributed by atoms with Crippen molar-refractivity contribution in [2.75, 3.05) is 26.4 Å². The molecule has 1 amide bonds. The molecule has 8 heteroatoms. The maximum atomic E-state index is 11.9. The lowest BCUT2D eigenvalue weighted by Crippen LogP contribution is -2.35. The quantitative estimate of drug-likeness (QED) is 0.466. The van der Waals surface area contributed by atoms with Crippen molar-refractivity contribution < 1.29 is 19.1 Å². The SMILES string of the molecule is N#Cc1ccc(CON=CCc2ccc(OCC(=O)NCC3CCOCC3)nc2)cc1. The Morgan fingerprint density at radius 3 is 2.71 bits per heavy atom. The molecule has 0 bridgehead atoms. The first kappa shape index (κ1) is 22.2. The molecule has 1 aliphatic heterocycles. The number of nitrogens with zero attached hydrogens (tertiary/aromatic N) is 3. The molecule has 1 N–H and O–H groups in total. The van der Waals surface area contributed by atoms with E-state index in [-0.39, 0.29) is 12.5 Å². The number of ether oxygens (including phenoxy) is 2. The number of benzene rings is 1. The number of amides is 1. The summed E-state index contributed by atoms with van der Waals surface area (Å²) in [4.78, 5) is 21.4. The Morgan fingerprint density at radius 2 is 2.00 bits per heavy atom. The number of pyridine rings is 1. The van der Waals surface area contributed by atoms with Crippen molar-refractivity contribution in [3.8, 4) is 11.9 Å². The Morgan fingerprint density at radius 1 is 1.23 bits per heavy atom. The van der Waals surface area contributed by atoms with E-state index in [1.54, 1.807) is 30.6 Å². The smallest absolute Gasteiger partial charge is 0.258 e. The highest BCUT2D eigenvalue weighted by molar-refractivity contribution is 5.77. The van der Waals surface area contributed by atoms with Crippen LogP contribution in [-0.2, 0) is 27.4 Å². The summed E-state index contributed by atoms with van der Waals surface area (Å²) in [5, 5.41) is 15.6. The van der Waals surface area contributed by atoms with Gasteiger partial charge in [-0.05, 0) is 42.0 Å². The van der Waals surface area contributed by atoms with Gasteiger partial charge in [-0.1, -0.05) is 23.4 Å². The van der Waals surface area contributed by atoms with Gasteiger partial charge >= 0.3 is 0 Å². The molecule has 31 heavy (non-hydrogen) atoms. The number of hydrogen-bond donors (Lipinski definition) is 1. The average Bonchev–Trinajstić information content (AvgIpc) is 2.83. The predicted molar refractivity (Wildman–Crippen MR) is 114 cm³/mol. The zero-order valence-electron chi connectivity index (χ0n) is 17.3. The molecule has 8 nitrogen and oxygen atoms in total. The molecule has 0 aliphatic carbocycles. The number of carbonyl (C=O) groups excluding carboxylic acids is 1. The van der Waals surface area contributed by atoms with Crippen LogP contribution in [0.4, 0.5) is 0 Å². The van der Waals surface area contributed by atoms with Crippen molar-refractivity contribution in [2.24, 2.45) is 11.1 Å². The highest BCUT2D eigenvalue weighted by Crippen LogP contribution is 2.13. The van der Waals surface area contributed by atoms with Crippen LogP contribution in [0.2, 0.25) is 0 Å². The Bertz CT molecular complexity index is 885. The molecule has 1 fully saturated rings. The van der Waals surface area contributed by atoms with Gasteiger partial charge in [-0.15, -0.1) is 0 Å². The first-order valence-electron chi connectivity index (χ1n) is 10.3. The van der Waals surface area contributed by atoms with Crippen molar-refractivity contribution in [3.05, 3.63) is 59.3 Å². The van der Waals surface area contributed by atoms with Crippen LogP contribution in [0.15, 0.2) is 47.8 Å². The lowest BCUT2D eigenvalue weighted by molar-refractivity contribution is -0.123. The van der Waals surface area contributed by atoms with E-state index in [0.717, 1.165) is 37.2 Å². The van der Waals surface area contributed by atoms with Crippen LogP contribution in [0, 0.1) is 17.2 Å². The molecule has 3 rings (SSSR count). The molecule has 0 saturated carbocycles. The number of aromatic nitrogens is 1. The molecule has 1 saturated heterocycles. The summed E-state index contributed by atoms with van der Waals surface area (Å²) in [6.45, 7) is 2.47. The third kappa shape index (κ3) is 8.07. The Kier molecular flexibility index (Phi) is 8.83. The fraction of sp³-hybridized carbons (Fsp3) is 0.391. The first-order valence-corrected chi connectivity index (χ1v) is 10.3. The highest BCUT2D eigenvalue weighted by Gasteiger charge is 2.14. The van der Waals surface area contributed by atoms with Crippen LogP contribution in [0.1, 0.15) is 29.5 Å². The first-order chi connectivity index (χ1) is 15.2. The lowest BCUT2D eigenvalue weighted by atomic mass is 10.0. The van der Waals surface area contributed by atoms with Crippen molar-refractivity contribution >= 4 is 12.1 Å². The molecule has 1 aromatic carbocycles. The molecule has 0 unspecified atom stereocenters. The van der Waals surface area contributed by atoms with Crippen LogP contribution in [0.3, 0.4) is 0 Å². The van der Waals surface area contributed by atoms with Gasteiger partial charge in [0.25, 0.3) is 5.91 Å². The van der Waals surface area contributed by atoms with Crippen LogP contribution in [-0.4, -0.2) is 43.5 Å². The van der Waals surface area contributed by atoms with E-state index in [0.29, 0.717) is 36.9 Å². The number of nitriles is 1. The van der Waals surface area contributed by atoms with E-state index in [2.05, 4.69) is 21.5 Å². The number of carbonyl (C=O) groups is 1. The molecular formula is C23H26N4O4. The van der Waals surface area contributed by atoms with Gasteiger partial charge in [0.05, 0.1) is 11.6 Å². The molecular weight excluding hydrogens is 396 g/mol. The monoisotopic (exact) mass is 422 g/mol. The minimum atomic E-state index is -0.149. The largest absolute Gasteiger partial charge is 0.468 e. The predicted octanol–water partition coefficient (Wildman–Crippen LogP) is 2.62. The molecule has 0 atom stereocenters. The fourth-order valence-corrected chi connectivity index (χ4v) is 3.00. The van der Waals surface area contributed by atoms with Crippen molar-refractivity contribution in [2.45, 2.75) is 25.9 Å². The fourth-order valence-electron chi connectivity index (χ4n) is 3.00. The van der Waals surface area contributed by atoms with E-state index in [1.165, 1.54) is 0 Å². The second kappa shape index (κ2) is 12.3. The van der Waals surface area contributed by atoms with Gasteiger partial charge in [0.15, 0.2) is 6.61 Å². The number of nitrogens with one attached hydrogen (secondary N) is 1. The van der Waals surface area contributed by atoms with Crippen LogP contribution < -0.4 is 10.1 Å². The van der Waals surface area contributed by atoms with Crippen molar-refractivity contribution in [1.29, 1.82) is 5.26 Å². The van der Waals surface area contributed by atoms with E-state index >= 15 is 0 Å². The number of rotatable bonds is 10. The Balaban J connectivity index is 1.31. The molecule has 2 aromatic rings. The normalized spacial score (nSPS) is 14.2. The van der Waals surface area contributed by atoms with Gasteiger partial charge in [0.2, 0.25) is 5.88 Å². The summed E-state index contributed by atoms with van der Waals surface area (Å²) in [7, 11) is 0. The summed E-state index contributed by atoms with van der Waals surface area (Å²) in [6.07, 6.45) is 5.86. The van der Waals surface area contributed by atoms with Gasteiger partial charge in [0.1, 0.15) is 6.61 Å². The van der Waals surface area contributed by atoms with Gasteiger partial charge in [-0.25, -0.2) is 4.98 Å². The second-order valence-corrected chi connectivity index (χ2v) is 7.23. The zero-order chi connectivity index (χ0) is 21.7. The van der Waals surface area contributed by atoms with Crippen LogP contribution >= 0.6 is 0 Å².